The highest BCUT2D eigenvalue weighted by molar-refractivity contribution is 5.89. The first-order chi connectivity index (χ1) is 9.88. The van der Waals surface area contributed by atoms with Gasteiger partial charge < -0.3 is 15.7 Å². The van der Waals surface area contributed by atoms with E-state index >= 15 is 0 Å². The molecule has 6 heteroatoms. The Labute approximate surface area is 122 Å². The summed E-state index contributed by atoms with van der Waals surface area (Å²) in [6.07, 6.45) is 3.28. The average molecular weight is 298 g/mol. The number of hydrogen-bond donors (Lipinski definition) is 3. The Morgan fingerprint density at radius 3 is 2.90 bits per heavy atom. The second-order valence-corrected chi connectivity index (χ2v) is 5.86. The third-order valence-corrected chi connectivity index (χ3v) is 3.82. The summed E-state index contributed by atoms with van der Waals surface area (Å²) < 4.78 is 26.2. The lowest BCUT2D eigenvalue weighted by molar-refractivity contribution is -0.00920. The summed E-state index contributed by atoms with van der Waals surface area (Å²) in [6.45, 7) is 2.18. The molecule has 1 saturated carbocycles. The summed E-state index contributed by atoms with van der Waals surface area (Å²) >= 11 is 0. The predicted octanol–water partition coefficient (Wildman–Crippen LogP) is 3.03. The fourth-order valence-corrected chi connectivity index (χ4v) is 2.80. The first-order valence-corrected chi connectivity index (χ1v) is 7.10. The Kier molecular flexibility index (Phi) is 4.77. The fraction of sp³-hybridized carbons (Fsp3) is 0.533. The van der Waals surface area contributed by atoms with E-state index in [9.17, 15) is 18.7 Å². The minimum Gasteiger partial charge on any atom is -0.388 e. The molecule has 0 spiro atoms. The monoisotopic (exact) mass is 298 g/mol. The second kappa shape index (κ2) is 6.39. The van der Waals surface area contributed by atoms with Gasteiger partial charge in [0.2, 0.25) is 0 Å². The van der Waals surface area contributed by atoms with Gasteiger partial charge >= 0.3 is 6.03 Å². The topological polar surface area (TPSA) is 61.4 Å². The van der Waals surface area contributed by atoms with Crippen molar-refractivity contribution >= 4 is 11.7 Å². The number of aliphatic hydroxyl groups is 1. The normalized spacial score (nSPS) is 25.4. The molecule has 2 amide bonds. The number of amides is 2. The lowest BCUT2D eigenvalue weighted by Gasteiger charge is -2.35. The Balaban J connectivity index is 1.87. The quantitative estimate of drug-likeness (QED) is 0.803. The van der Waals surface area contributed by atoms with Crippen LogP contribution in [0, 0.1) is 17.6 Å². The molecule has 1 aromatic carbocycles. The number of nitrogens with one attached hydrogen (secondary N) is 2. The van der Waals surface area contributed by atoms with Gasteiger partial charge in [0.1, 0.15) is 11.6 Å². The largest absolute Gasteiger partial charge is 0.388 e. The predicted molar refractivity (Wildman–Crippen MR) is 76.0 cm³/mol. The second-order valence-electron chi connectivity index (χ2n) is 5.86. The van der Waals surface area contributed by atoms with E-state index in [2.05, 4.69) is 17.6 Å². The summed E-state index contributed by atoms with van der Waals surface area (Å²) in [5.74, 6) is -1.12. The zero-order valence-electron chi connectivity index (χ0n) is 12.0. The van der Waals surface area contributed by atoms with E-state index in [0.29, 0.717) is 24.8 Å². The first kappa shape index (κ1) is 15.7. The highest BCUT2D eigenvalue weighted by Gasteiger charge is 2.32. The summed E-state index contributed by atoms with van der Waals surface area (Å²) in [7, 11) is 0. The molecule has 2 unspecified atom stereocenters. The Bertz CT molecular complexity index is 524. The molecule has 0 bridgehead atoms. The highest BCUT2D eigenvalue weighted by atomic mass is 19.1. The van der Waals surface area contributed by atoms with Crippen molar-refractivity contribution in [1.29, 1.82) is 0 Å². The van der Waals surface area contributed by atoms with Crippen molar-refractivity contribution < 1.29 is 18.7 Å². The van der Waals surface area contributed by atoms with Gasteiger partial charge in [0.25, 0.3) is 0 Å². The molecule has 4 nitrogen and oxygen atoms in total. The van der Waals surface area contributed by atoms with E-state index in [0.717, 1.165) is 25.0 Å². The number of benzene rings is 1. The fourth-order valence-electron chi connectivity index (χ4n) is 2.80. The van der Waals surface area contributed by atoms with Crippen molar-refractivity contribution in [3.8, 4) is 0 Å². The highest BCUT2D eigenvalue weighted by Crippen LogP contribution is 2.31. The van der Waals surface area contributed by atoms with Crippen LogP contribution < -0.4 is 10.6 Å². The number of rotatable bonds is 3. The molecule has 2 rings (SSSR count). The first-order valence-electron chi connectivity index (χ1n) is 7.10. The van der Waals surface area contributed by atoms with Crippen molar-refractivity contribution in [3.63, 3.8) is 0 Å². The van der Waals surface area contributed by atoms with E-state index in [1.165, 1.54) is 0 Å². The molecule has 0 heterocycles. The van der Waals surface area contributed by atoms with Crippen molar-refractivity contribution in [3.05, 3.63) is 29.8 Å². The SMILES string of the molecule is CC1CCCC(O)(CNC(=O)Nc2ccc(F)cc2F)C1. The summed E-state index contributed by atoms with van der Waals surface area (Å²) in [6, 6.07) is 2.30. The molecule has 0 aromatic heterocycles. The van der Waals surface area contributed by atoms with Gasteiger partial charge in [-0.1, -0.05) is 19.8 Å². The van der Waals surface area contributed by atoms with Gasteiger partial charge in [0, 0.05) is 12.6 Å². The molecule has 0 saturated heterocycles. The van der Waals surface area contributed by atoms with Crippen molar-refractivity contribution in [2.45, 2.75) is 38.2 Å². The minimum absolute atomic E-state index is 0.0992. The van der Waals surface area contributed by atoms with Gasteiger partial charge in [-0.3, -0.25) is 0 Å². The van der Waals surface area contributed by atoms with Gasteiger partial charge in [0.05, 0.1) is 11.3 Å². The third kappa shape index (κ3) is 4.39. The zero-order valence-corrected chi connectivity index (χ0v) is 12.0. The Morgan fingerprint density at radius 1 is 1.48 bits per heavy atom. The van der Waals surface area contributed by atoms with E-state index in [-0.39, 0.29) is 12.2 Å². The van der Waals surface area contributed by atoms with Crippen LogP contribution in [0.15, 0.2) is 18.2 Å². The van der Waals surface area contributed by atoms with Gasteiger partial charge in [-0.15, -0.1) is 0 Å². The van der Waals surface area contributed by atoms with Crippen molar-refractivity contribution in [2.75, 3.05) is 11.9 Å². The van der Waals surface area contributed by atoms with Crippen molar-refractivity contribution in [2.24, 2.45) is 5.92 Å². The molecule has 0 aliphatic heterocycles. The van der Waals surface area contributed by atoms with Gasteiger partial charge in [0.15, 0.2) is 0 Å². The maximum absolute atomic E-state index is 13.4. The Morgan fingerprint density at radius 2 is 2.24 bits per heavy atom. The van der Waals surface area contributed by atoms with E-state index in [4.69, 9.17) is 0 Å². The van der Waals surface area contributed by atoms with Crippen LogP contribution in [0.3, 0.4) is 0 Å². The average Bonchev–Trinajstić information content (AvgIpc) is 2.40. The molecule has 1 aromatic rings. The van der Waals surface area contributed by atoms with Crippen LogP contribution in [0.25, 0.3) is 0 Å². The van der Waals surface area contributed by atoms with Crippen LogP contribution in [0.1, 0.15) is 32.6 Å². The number of carbonyl (C=O) groups excluding carboxylic acids is 1. The molecule has 3 N–H and O–H groups in total. The van der Waals surface area contributed by atoms with Crippen LogP contribution in [-0.2, 0) is 0 Å². The third-order valence-electron chi connectivity index (χ3n) is 3.82. The Hall–Kier alpha value is -1.69. The number of urea groups is 1. The standard InChI is InChI=1S/C15H20F2N2O2/c1-10-3-2-6-15(21,8-10)9-18-14(20)19-13-5-4-11(16)7-12(13)17/h4-5,7,10,21H,2-3,6,8-9H2,1H3,(H2,18,19,20). The number of halogens is 2. The summed E-state index contributed by atoms with van der Waals surface area (Å²) in [5, 5.41) is 15.2. The molecule has 0 radical (unpaired) electrons. The molecule has 1 aliphatic carbocycles. The van der Waals surface area contributed by atoms with Crippen molar-refractivity contribution in [1.82, 2.24) is 5.32 Å². The minimum atomic E-state index is -0.906. The van der Waals surface area contributed by atoms with Gasteiger partial charge in [-0.2, -0.15) is 0 Å². The number of hydrogen-bond acceptors (Lipinski definition) is 2. The van der Waals surface area contributed by atoms with E-state index < -0.39 is 23.3 Å². The molecule has 2 atom stereocenters. The van der Waals surface area contributed by atoms with Crippen LogP contribution in [0.4, 0.5) is 19.3 Å². The molecule has 1 aliphatic rings. The molecule has 1 fully saturated rings. The van der Waals surface area contributed by atoms with Crippen LogP contribution in [0.5, 0.6) is 0 Å². The van der Waals surface area contributed by atoms with Gasteiger partial charge in [-0.25, -0.2) is 13.6 Å². The summed E-state index contributed by atoms with van der Waals surface area (Å²) in [4.78, 5) is 11.7. The molecular formula is C15H20F2N2O2. The van der Waals surface area contributed by atoms with E-state index in [1.54, 1.807) is 0 Å². The molecule has 21 heavy (non-hydrogen) atoms. The van der Waals surface area contributed by atoms with Crippen LogP contribution >= 0.6 is 0 Å². The van der Waals surface area contributed by atoms with E-state index in [1.807, 2.05) is 0 Å². The molecule has 116 valence electrons. The smallest absolute Gasteiger partial charge is 0.319 e. The van der Waals surface area contributed by atoms with Gasteiger partial charge in [-0.05, 0) is 30.9 Å². The van der Waals surface area contributed by atoms with Crippen LogP contribution in [-0.4, -0.2) is 23.3 Å². The maximum Gasteiger partial charge on any atom is 0.319 e. The lowest BCUT2D eigenvalue weighted by atomic mass is 9.79. The van der Waals surface area contributed by atoms with Crippen LogP contribution in [0.2, 0.25) is 0 Å². The zero-order chi connectivity index (χ0) is 15.5. The maximum atomic E-state index is 13.4. The number of anilines is 1. The number of carbonyl (C=O) groups is 1. The lowest BCUT2D eigenvalue weighted by Crippen LogP contribution is -2.46. The molecular weight excluding hydrogens is 278 g/mol. The summed E-state index contributed by atoms with van der Waals surface area (Å²) in [5.41, 5.74) is -1.01.